The van der Waals surface area contributed by atoms with Crippen molar-refractivity contribution >= 4 is 22.7 Å². The average Bonchev–Trinajstić information content (AvgIpc) is 3.15. The summed E-state index contributed by atoms with van der Waals surface area (Å²) in [5, 5.41) is 4.20. The van der Waals surface area contributed by atoms with E-state index in [9.17, 15) is 4.79 Å². The van der Waals surface area contributed by atoms with Crippen molar-refractivity contribution < 1.29 is 9.21 Å². The van der Waals surface area contributed by atoms with E-state index in [0.29, 0.717) is 6.04 Å². The topological polar surface area (TPSA) is 61.6 Å². The number of hydrogen-bond acceptors (Lipinski definition) is 5. The molecular formula is C22H32N4O2. The summed E-state index contributed by atoms with van der Waals surface area (Å²) >= 11 is 0. The number of aryl methyl sites for hydroxylation is 1. The van der Waals surface area contributed by atoms with E-state index in [1.165, 1.54) is 25.8 Å². The summed E-state index contributed by atoms with van der Waals surface area (Å²) in [6, 6.07) is 4.44. The molecule has 2 aromatic rings. The zero-order chi connectivity index (χ0) is 19.5. The number of hydrogen-bond donors (Lipinski definition) is 1. The van der Waals surface area contributed by atoms with Gasteiger partial charge in [-0.1, -0.05) is 0 Å². The Bertz CT molecular complexity index is 802. The van der Waals surface area contributed by atoms with E-state index in [4.69, 9.17) is 9.40 Å². The molecule has 0 spiro atoms. The van der Waals surface area contributed by atoms with E-state index in [1.807, 2.05) is 19.1 Å². The van der Waals surface area contributed by atoms with Gasteiger partial charge in [-0.2, -0.15) is 0 Å². The molecule has 1 amide bonds. The number of fused-ring (bicyclic) bond motifs is 1. The maximum Gasteiger partial charge on any atom is 0.217 e. The fraction of sp³-hybridized carbons (Fsp3) is 0.636. The van der Waals surface area contributed by atoms with Crippen molar-refractivity contribution in [3.8, 4) is 0 Å². The minimum Gasteiger partial charge on any atom is -0.464 e. The highest BCUT2D eigenvalue weighted by Crippen LogP contribution is 2.29. The number of nitrogens with one attached hydrogen (secondary N) is 1. The van der Waals surface area contributed by atoms with Crippen LogP contribution in [0.3, 0.4) is 0 Å². The van der Waals surface area contributed by atoms with Gasteiger partial charge in [0.25, 0.3) is 0 Å². The molecule has 2 fully saturated rings. The largest absolute Gasteiger partial charge is 0.464 e. The van der Waals surface area contributed by atoms with E-state index in [0.717, 1.165) is 67.4 Å². The first-order valence-corrected chi connectivity index (χ1v) is 10.7. The van der Waals surface area contributed by atoms with Crippen LogP contribution in [-0.2, 0) is 4.79 Å². The Balaban J connectivity index is 1.24. The molecule has 152 valence electrons. The lowest BCUT2D eigenvalue weighted by atomic mass is 9.84. The smallest absolute Gasteiger partial charge is 0.217 e. The van der Waals surface area contributed by atoms with Crippen LogP contribution in [0.4, 0.5) is 5.82 Å². The van der Waals surface area contributed by atoms with Crippen molar-refractivity contribution in [1.82, 2.24) is 15.2 Å². The van der Waals surface area contributed by atoms with Gasteiger partial charge in [-0.25, -0.2) is 4.98 Å². The Morgan fingerprint density at radius 2 is 1.96 bits per heavy atom. The first-order chi connectivity index (χ1) is 13.6. The standard InChI is InChI=1S/C22H32N4O2/c1-16-15-21-20(8-14-28-21)22(23-16)26-12-10-25(11-13-26)9-7-18-3-5-19(6-4-18)24-17(2)27/h8,14-15,18-19H,3-7,9-13H2,1-2H3,(H,24,27). The first-order valence-electron chi connectivity index (χ1n) is 10.7. The molecule has 1 aliphatic heterocycles. The van der Waals surface area contributed by atoms with Crippen LogP contribution >= 0.6 is 0 Å². The van der Waals surface area contributed by atoms with E-state index in [1.54, 1.807) is 13.2 Å². The molecule has 2 aromatic heterocycles. The number of piperazine rings is 1. The van der Waals surface area contributed by atoms with Crippen molar-refractivity contribution in [3.05, 3.63) is 24.1 Å². The van der Waals surface area contributed by atoms with Crippen LogP contribution in [0, 0.1) is 12.8 Å². The molecule has 0 atom stereocenters. The monoisotopic (exact) mass is 384 g/mol. The molecule has 0 unspecified atom stereocenters. The van der Waals surface area contributed by atoms with Crippen LogP contribution in [0.1, 0.15) is 44.7 Å². The van der Waals surface area contributed by atoms with E-state index in [-0.39, 0.29) is 5.91 Å². The number of aromatic nitrogens is 1. The Labute approximate surface area is 167 Å². The van der Waals surface area contributed by atoms with Gasteiger partial charge in [-0.05, 0) is 57.6 Å². The van der Waals surface area contributed by atoms with Gasteiger partial charge in [0.2, 0.25) is 5.91 Å². The molecule has 28 heavy (non-hydrogen) atoms. The number of furan rings is 1. The third kappa shape index (κ3) is 4.49. The van der Waals surface area contributed by atoms with Gasteiger partial charge in [0.1, 0.15) is 11.4 Å². The number of nitrogens with zero attached hydrogens (tertiary/aromatic N) is 3. The van der Waals surface area contributed by atoms with Gasteiger partial charge in [0, 0.05) is 50.9 Å². The lowest BCUT2D eigenvalue weighted by Gasteiger charge is -2.37. The third-order valence-electron chi connectivity index (χ3n) is 6.34. The van der Waals surface area contributed by atoms with Crippen LogP contribution in [0.2, 0.25) is 0 Å². The molecule has 6 nitrogen and oxygen atoms in total. The summed E-state index contributed by atoms with van der Waals surface area (Å²) in [6.07, 6.45) is 7.80. The predicted octanol–water partition coefficient (Wildman–Crippen LogP) is 3.34. The van der Waals surface area contributed by atoms with Crippen LogP contribution in [0.15, 0.2) is 22.8 Å². The lowest BCUT2D eigenvalue weighted by molar-refractivity contribution is -0.119. The molecular weight excluding hydrogens is 352 g/mol. The first kappa shape index (κ1) is 19.2. The Kier molecular flexibility index (Phi) is 5.85. The van der Waals surface area contributed by atoms with Crippen molar-refractivity contribution in [3.63, 3.8) is 0 Å². The lowest BCUT2D eigenvalue weighted by Crippen LogP contribution is -2.47. The number of carbonyl (C=O) groups excluding carboxylic acids is 1. The molecule has 1 saturated carbocycles. The fourth-order valence-corrected chi connectivity index (χ4v) is 4.74. The Morgan fingerprint density at radius 1 is 1.21 bits per heavy atom. The molecule has 1 aliphatic carbocycles. The molecule has 0 bridgehead atoms. The summed E-state index contributed by atoms with van der Waals surface area (Å²) < 4.78 is 5.59. The average molecular weight is 385 g/mol. The molecule has 6 heteroatoms. The van der Waals surface area contributed by atoms with Crippen LogP contribution < -0.4 is 10.2 Å². The number of pyridine rings is 1. The van der Waals surface area contributed by atoms with Gasteiger partial charge in [0.05, 0.1) is 11.6 Å². The molecule has 1 saturated heterocycles. The van der Waals surface area contributed by atoms with E-state index < -0.39 is 0 Å². The second-order valence-corrected chi connectivity index (χ2v) is 8.46. The number of carbonyl (C=O) groups is 1. The molecule has 0 radical (unpaired) electrons. The minimum atomic E-state index is 0.108. The van der Waals surface area contributed by atoms with Crippen molar-refractivity contribution in [2.75, 3.05) is 37.6 Å². The zero-order valence-electron chi connectivity index (χ0n) is 17.1. The number of amides is 1. The van der Waals surface area contributed by atoms with Crippen LogP contribution in [0.5, 0.6) is 0 Å². The van der Waals surface area contributed by atoms with Gasteiger partial charge < -0.3 is 14.6 Å². The summed E-state index contributed by atoms with van der Waals surface area (Å²) in [4.78, 5) is 21.0. The Morgan fingerprint density at radius 3 is 2.68 bits per heavy atom. The minimum absolute atomic E-state index is 0.108. The summed E-state index contributed by atoms with van der Waals surface area (Å²) in [6.45, 7) is 9.06. The summed E-state index contributed by atoms with van der Waals surface area (Å²) in [5.74, 6) is 1.99. The maximum atomic E-state index is 11.2. The molecule has 2 aliphatic rings. The second kappa shape index (κ2) is 8.52. The highest BCUT2D eigenvalue weighted by Gasteiger charge is 2.24. The summed E-state index contributed by atoms with van der Waals surface area (Å²) in [7, 11) is 0. The highest BCUT2D eigenvalue weighted by molar-refractivity contribution is 5.89. The predicted molar refractivity (Wildman–Crippen MR) is 112 cm³/mol. The quantitative estimate of drug-likeness (QED) is 0.857. The molecule has 3 heterocycles. The molecule has 1 N–H and O–H groups in total. The van der Waals surface area contributed by atoms with Crippen molar-refractivity contribution in [2.24, 2.45) is 5.92 Å². The maximum absolute atomic E-state index is 11.2. The third-order valence-corrected chi connectivity index (χ3v) is 6.34. The summed E-state index contributed by atoms with van der Waals surface area (Å²) in [5.41, 5.74) is 1.94. The SMILES string of the molecule is CC(=O)NC1CCC(CCN2CCN(c3nc(C)cc4occc34)CC2)CC1. The number of anilines is 1. The van der Waals surface area contributed by atoms with E-state index in [2.05, 4.69) is 15.1 Å². The molecule has 0 aromatic carbocycles. The van der Waals surface area contributed by atoms with Crippen molar-refractivity contribution in [2.45, 2.75) is 52.0 Å². The second-order valence-electron chi connectivity index (χ2n) is 8.46. The van der Waals surface area contributed by atoms with Gasteiger partial charge in [-0.3, -0.25) is 9.69 Å². The fourth-order valence-electron chi connectivity index (χ4n) is 4.74. The van der Waals surface area contributed by atoms with Crippen molar-refractivity contribution in [1.29, 1.82) is 0 Å². The highest BCUT2D eigenvalue weighted by atomic mass is 16.3. The normalized spacial score (nSPS) is 23.9. The van der Waals surface area contributed by atoms with Gasteiger partial charge in [-0.15, -0.1) is 0 Å². The van der Waals surface area contributed by atoms with Crippen LogP contribution in [-0.4, -0.2) is 54.6 Å². The van der Waals surface area contributed by atoms with Gasteiger partial charge in [0.15, 0.2) is 0 Å². The van der Waals surface area contributed by atoms with E-state index >= 15 is 0 Å². The van der Waals surface area contributed by atoms with Crippen LogP contribution in [0.25, 0.3) is 11.0 Å². The zero-order valence-corrected chi connectivity index (χ0v) is 17.1. The number of rotatable bonds is 5. The van der Waals surface area contributed by atoms with Gasteiger partial charge >= 0.3 is 0 Å². The molecule has 4 rings (SSSR count). The Hall–Kier alpha value is -2.08.